The molecule has 2 fully saturated rings. The van der Waals surface area contributed by atoms with E-state index in [4.69, 9.17) is 0 Å². The molecular weight excluding hydrogens is 226 g/mol. The Morgan fingerprint density at radius 1 is 1.28 bits per heavy atom. The first-order valence-electron chi connectivity index (χ1n) is 7.56. The Balaban J connectivity index is 1.63. The van der Waals surface area contributed by atoms with Crippen molar-refractivity contribution in [2.75, 3.05) is 26.2 Å². The van der Waals surface area contributed by atoms with Crippen molar-refractivity contribution in [3.8, 4) is 0 Å². The molecule has 1 aliphatic carbocycles. The number of carbonyl (C=O) groups excluding carboxylic acids is 1. The van der Waals surface area contributed by atoms with Gasteiger partial charge in [-0.25, -0.2) is 0 Å². The fourth-order valence-corrected chi connectivity index (χ4v) is 2.74. The highest BCUT2D eigenvalue weighted by atomic mass is 16.2. The van der Waals surface area contributed by atoms with Crippen LogP contribution in [0.5, 0.6) is 0 Å². The number of carbonyl (C=O) groups is 1. The average Bonchev–Trinajstić information content (AvgIpc) is 3.19. The lowest BCUT2D eigenvalue weighted by atomic mass is 10.1. The Kier molecular flexibility index (Phi) is 5.45. The average molecular weight is 253 g/mol. The number of hydrogen-bond acceptors (Lipinski definition) is 3. The van der Waals surface area contributed by atoms with Gasteiger partial charge in [-0.15, -0.1) is 0 Å². The Bertz CT molecular complexity index is 258. The van der Waals surface area contributed by atoms with E-state index in [-0.39, 0.29) is 11.9 Å². The minimum absolute atomic E-state index is 0.0449. The van der Waals surface area contributed by atoms with Crippen LogP contribution in [0.2, 0.25) is 0 Å². The molecule has 2 rings (SSSR count). The first-order valence-corrected chi connectivity index (χ1v) is 7.56. The van der Waals surface area contributed by atoms with Crippen LogP contribution >= 0.6 is 0 Å². The fourth-order valence-electron chi connectivity index (χ4n) is 2.74. The molecule has 4 nitrogen and oxygen atoms in total. The zero-order valence-corrected chi connectivity index (χ0v) is 11.6. The summed E-state index contributed by atoms with van der Waals surface area (Å²) in [4.78, 5) is 14.5. The van der Waals surface area contributed by atoms with Crippen molar-refractivity contribution < 1.29 is 4.79 Å². The van der Waals surface area contributed by atoms with Gasteiger partial charge in [-0.05, 0) is 38.8 Å². The number of hydrogen-bond donors (Lipinski definition) is 2. The van der Waals surface area contributed by atoms with E-state index in [9.17, 15) is 4.79 Å². The minimum Gasteiger partial charge on any atom is -0.353 e. The van der Waals surface area contributed by atoms with Crippen LogP contribution in [-0.4, -0.2) is 49.1 Å². The highest BCUT2D eigenvalue weighted by Gasteiger charge is 2.27. The van der Waals surface area contributed by atoms with Crippen molar-refractivity contribution in [3.63, 3.8) is 0 Å². The standard InChI is InChI=1S/C14H27N3O/c1-2-17(12-7-8-12)11-10-16-14(18)13-6-4-3-5-9-15-13/h12-13,15H,2-11H2,1H3,(H,16,18). The highest BCUT2D eigenvalue weighted by molar-refractivity contribution is 5.81. The molecule has 4 heteroatoms. The quantitative estimate of drug-likeness (QED) is 0.745. The summed E-state index contributed by atoms with van der Waals surface area (Å²) in [5.41, 5.74) is 0. The number of nitrogens with one attached hydrogen (secondary N) is 2. The normalized spacial score (nSPS) is 24.9. The van der Waals surface area contributed by atoms with Crippen LogP contribution < -0.4 is 10.6 Å². The summed E-state index contributed by atoms with van der Waals surface area (Å²) in [6, 6.07) is 0.839. The van der Waals surface area contributed by atoms with Crippen molar-refractivity contribution >= 4 is 5.91 Å². The largest absolute Gasteiger partial charge is 0.353 e. The summed E-state index contributed by atoms with van der Waals surface area (Å²) < 4.78 is 0. The molecule has 1 saturated heterocycles. The maximum atomic E-state index is 12.0. The van der Waals surface area contributed by atoms with Crippen LogP contribution in [0.3, 0.4) is 0 Å². The molecule has 2 N–H and O–H groups in total. The third-order valence-electron chi connectivity index (χ3n) is 4.04. The molecule has 0 spiro atoms. The molecule has 0 aromatic carbocycles. The smallest absolute Gasteiger partial charge is 0.237 e. The van der Waals surface area contributed by atoms with Crippen molar-refractivity contribution in [2.45, 2.75) is 57.5 Å². The molecule has 1 saturated carbocycles. The molecular formula is C14H27N3O. The number of nitrogens with zero attached hydrogens (tertiary/aromatic N) is 1. The second-order valence-electron chi connectivity index (χ2n) is 5.51. The predicted octanol–water partition coefficient (Wildman–Crippen LogP) is 1.12. The zero-order chi connectivity index (χ0) is 12.8. The van der Waals surface area contributed by atoms with E-state index in [1.807, 2.05) is 0 Å². The summed E-state index contributed by atoms with van der Waals surface area (Å²) in [6.45, 7) is 6.08. The number of amides is 1. The highest BCUT2D eigenvalue weighted by Crippen LogP contribution is 2.25. The first-order chi connectivity index (χ1) is 8.81. The van der Waals surface area contributed by atoms with Crippen LogP contribution in [0.4, 0.5) is 0 Å². The topological polar surface area (TPSA) is 44.4 Å². The van der Waals surface area contributed by atoms with Crippen LogP contribution in [0.15, 0.2) is 0 Å². The maximum Gasteiger partial charge on any atom is 0.237 e. The fraction of sp³-hybridized carbons (Fsp3) is 0.929. The molecule has 0 radical (unpaired) electrons. The summed E-state index contributed by atoms with van der Waals surface area (Å²) in [5.74, 6) is 0.198. The third kappa shape index (κ3) is 4.25. The molecule has 104 valence electrons. The number of likely N-dealkylation sites (N-methyl/N-ethyl adjacent to an activating group) is 1. The van der Waals surface area contributed by atoms with E-state index in [2.05, 4.69) is 22.5 Å². The molecule has 1 atom stereocenters. The predicted molar refractivity (Wildman–Crippen MR) is 73.5 cm³/mol. The molecule has 1 aliphatic heterocycles. The Morgan fingerprint density at radius 3 is 2.83 bits per heavy atom. The minimum atomic E-state index is 0.0449. The van der Waals surface area contributed by atoms with Gasteiger partial charge in [0.25, 0.3) is 0 Å². The van der Waals surface area contributed by atoms with Gasteiger partial charge in [-0.2, -0.15) is 0 Å². The van der Waals surface area contributed by atoms with Gasteiger partial charge in [0.1, 0.15) is 0 Å². The summed E-state index contributed by atoms with van der Waals surface area (Å²) in [6.07, 6.45) is 7.30. The van der Waals surface area contributed by atoms with E-state index >= 15 is 0 Å². The van der Waals surface area contributed by atoms with Crippen molar-refractivity contribution in [3.05, 3.63) is 0 Å². The maximum absolute atomic E-state index is 12.0. The van der Waals surface area contributed by atoms with E-state index < -0.39 is 0 Å². The van der Waals surface area contributed by atoms with Gasteiger partial charge in [0.15, 0.2) is 0 Å². The van der Waals surface area contributed by atoms with Gasteiger partial charge in [-0.1, -0.05) is 19.8 Å². The van der Waals surface area contributed by atoms with Gasteiger partial charge < -0.3 is 10.6 Å². The molecule has 0 aromatic heterocycles. The molecule has 1 amide bonds. The Morgan fingerprint density at radius 2 is 2.11 bits per heavy atom. The van der Waals surface area contributed by atoms with Gasteiger partial charge in [0.2, 0.25) is 5.91 Å². The second-order valence-corrected chi connectivity index (χ2v) is 5.51. The molecule has 2 aliphatic rings. The van der Waals surface area contributed by atoms with Crippen molar-refractivity contribution in [1.82, 2.24) is 15.5 Å². The van der Waals surface area contributed by atoms with Gasteiger partial charge in [-0.3, -0.25) is 9.69 Å². The molecule has 18 heavy (non-hydrogen) atoms. The van der Waals surface area contributed by atoms with Crippen molar-refractivity contribution in [2.24, 2.45) is 0 Å². The molecule has 0 aromatic rings. The lowest BCUT2D eigenvalue weighted by Gasteiger charge is -2.21. The van der Waals surface area contributed by atoms with E-state index in [1.54, 1.807) is 0 Å². The number of rotatable bonds is 6. The van der Waals surface area contributed by atoms with E-state index in [1.165, 1.54) is 32.1 Å². The Hall–Kier alpha value is -0.610. The molecule has 0 bridgehead atoms. The third-order valence-corrected chi connectivity index (χ3v) is 4.04. The van der Waals surface area contributed by atoms with Gasteiger partial charge in [0.05, 0.1) is 6.04 Å². The van der Waals surface area contributed by atoms with Gasteiger partial charge >= 0.3 is 0 Å². The van der Waals surface area contributed by atoms with Crippen LogP contribution in [0.25, 0.3) is 0 Å². The summed E-state index contributed by atoms with van der Waals surface area (Å²) in [7, 11) is 0. The lowest BCUT2D eigenvalue weighted by molar-refractivity contribution is -0.123. The van der Waals surface area contributed by atoms with Crippen LogP contribution in [-0.2, 0) is 4.79 Å². The monoisotopic (exact) mass is 253 g/mol. The zero-order valence-electron chi connectivity index (χ0n) is 11.6. The second kappa shape index (κ2) is 7.10. The Labute approximate surface area is 110 Å². The van der Waals surface area contributed by atoms with Gasteiger partial charge in [0, 0.05) is 19.1 Å². The van der Waals surface area contributed by atoms with E-state index in [0.717, 1.165) is 38.6 Å². The molecule has 1 unspecified atom stereocenters. The summed E-state index contributed by atoms with van der Waals surface area (Å²) in [5, 5.41) is 6.43. The van der Waals surface area contributed by atoms with Crippen LogP contribution in [0, 0.1) is 0 Å². The lowest BCUT2D eigenvalue weighted by Crippen LogP contribution is -2.46. The first kappa shape index (κ1) is 13.8. The molecule has 1 heterocycles. The summed E-state index contributed by atoms with van der Waals surface area (Å²) >= 11 is 0. The van der Waals surface area contributed by atoms with E-state index in [0.29, 0.717) is 0 Å². The van der Waals surface area contributed by atoms with Crippen molar-refractivity contribution in [1.29, 1.82) is 0 Å². The van der Waals surface area contributed by atoms with Crippen LogP contribution in [0.1, 0.15) is 45.4 Å². The SMILES string of the molecule is CCN(CCNC(=O)C1CCCCCN1)C1CC1.